The van der Waals surface area contributed by atoms with Crippen molar-refractivity contribution in [2.24, 2.45) is 0 Å². The topological polar surface area (TPSA) is 70.6 Å². The van der Waals surface area contributed by atoms with Gasteiger partial charge in [-0.25, -0.2) is 0 Å². The summed E-state index contributed by atoms with van der Waals surface area (Å²) >= 11 is 5.41. The van der Waals surface area contributed by atoms with Gasteiger partial charge in [0.15, 0.2) is 4.77 Å². The first-order chi connectivity index (χ1) is 13.6. The second-order valence-electron chi connectivity index (χ2n) is 7.47. The van der Waals surface area contributed by atoms with Gasteiger partial charge in [0.25, 0.3) is 11.5 Å². The van der Waals surface area contributed by atoms with Crippen molar-refractivity contribution in [3.63, 3.8) is 0 Å². The maximum atomic E-state index is 12.9. The zero-order valence-electron chi connectivity index (χ0n) is 16.1. The largest absolute Gasteiger partial charge is 0.376 e. The van der Waals surface area contributed by atoms with Crippen LogP contribution >= 0.6 is 12.2 Å². The van der Waals surface area contributed by atoms with Crippen LogP contribution in [0.25, 0.3) is 10.9 Å². The van der Waals surface area contributed by atoms with Crippen LogP contribution in [-0.2, 0) is 11.3 Å². The smallest absolute Gasteiger partial charge is 0.262 e. The maximum Gasteiger partial charge on any atom is 0.262 e. The number of amides is 1. The summed E-state index contributed by atoms with van der Waals surface area (Å²) in [6, 6.07) is 5.22. The van der Waals surface area contributed by atoms with Gasteiger partial charge in [0.05, 0.1) is 23.6 Å². The summed E-state index contributed by atoms with van der Waals surface area (Å²) in [5, 5.41) is 0.541. The van der Waals surface area contributed by atoms with E-state index < -0.39 is 0 Å². The van der Waals surface area contributed by atoms with Gasteiger partial charge < -0.3 is 19.5 Å². The number of piperazine rings is 1. The number of aromatic nitrogens is 2. The number of carbonyl (C=O) groups excluding carboxylic acids is 1. The first-order valence-electron chi connectivity index (χ1n) is 9.97. The molecule has 1 aromatic heterocycles. The fourth-order valence-corrected chi connectivity index (χ4v) is 4.26. The number of likely N-dealkylation sites (N-methyl/N-ethyl adjacent to an activating group) is 1. The Bertz CT molecular complexity index is 985. The van der Waals surface area contributed by atoms with E-state index in [9.17, 15) is 9.59 Å². The molecule has 150 valence electrons. The van der Waals surface area contributed by atoms with E-state index >= 15 is 0 Å². The Morgan fingerprint density at radius 2 is 2.07 bits per heavy atom. The van der Waals surface area contributed by atoms with Gasteiger partial charge in [0.2, 0.25) is 0 Å². The van der Waals surface area contributed by atoms with Crippen LogP contribution < -0.4 is 5.56 Å². The van der Waals surface area contributed by atoms with E-state index in [1.807, 2.05) is 4.90 Å². The van der Waals surface area contributed by atoms with Crippen molar-refractivity contribution in [3.05, 3.63) is 38.9 Å². The number of nitrogens with zero attached hydrogens (tertiary/aromatic N) is 3. The summed E-state index contributed by atoms with van der Waals surface area (Å²) in [7, 11) is 0. The molecular formula is C20H26N4O3S. The minimum atomic E-state index is -0.134. The minimum Gasteiger partial charge on any atom is -0.376 e. The van der Waals surface area contributed by atoms with Crippen LogP contribution in [0.4, 0.5) is 0 Å². The molecule has 3 heterocycles. The number of fused-ring (bicyclic) bond motifs is 1. The van der Waals surface area contributed by atoms with E-state index in [0.29, 0.717) is 27.8 Å². The lowest BCUT2D eigenvalue weighted by Gasteiger charge is -2.34. The Hall–Kier alpha value is -2.03. The maximum absolute atomic E-state index is 12.9. The molecule has 0 unspecified atom stereocenters. The molecule has 4 rings (SSSR count). The summed E-state index contributed by atoms with van der Waals surface area (Å²) < 4.78 is 7.58. The van der Waals surface area contributed by atoms with Gasteiger partial charge in [-0.3, -0.25) is 14.2 Å². The Balaban J connectivity index is 1.60. The highest BCUT2D eigenvalue weighted by Crippen LogP contribution is 2.16. The molecule has 0 radical (unpaired) electrons. The van der Waals surface area contributed by atoms with Gasteiger partial charge in [-0.15, -0.1) is 0 Å². The number of aromatic amines is 1. The molecule has 28 heavy (non-hydrogen) atoms. The van der Waals surface area contributed by atoms with Gasteiger partial charge in [-0.05, 0) is 49.8 Å². The normalized spacial score (nSPS) is 20.8. The lowest BCUT2D eigenvalue weighted by atomic mass is 10.1. The number of nitrogens with one attached hydrogen (secondary N) is 1. The molecule has 2 aliphatic rings. The Labute approximate surface area is 168 Å². The van der Waals surface area contributed by atoms with E-state index in [0.717, 1.165) is 52.2 Å². The first kappa shape index (κ1) is 19.3. The number of H-pyrrole nitrogens is 1. The molecule has 8 heteroatoms. The van der Waals surface area contributed by atoms with Gasteiger partial charge in [-0.1, -0.05) is 6.92 Å². The van der Waals surface area contributed by atoms with Gasteiger partial charge >= 0.3 is 0 Å². The third-order valence-electron chi connectivity index (χ3n) is 5.75. The monoisotopic (exact) mass is 402 g/mol. The van der Waals surface area contributed by atoms with Crippen LogP contribution in [-0.4, -0.2) is 70.7 Å². The highest BCUT2D eigenvalue weighted by Gasteiger charge is 2.22. The predicted octanol–water partition coefficient (Wildman–Crippen LogP) is 2.02. The van der Waals surface area contributed by atoms with E-state index in [1.165, 1.54) is 0 Å². The molecule has 0 aliphatic carbocycles. The molecular weight excluding hydrogens is 376 g/mol. The second-order valence-corrected chi connectivity index (χ2v) is 7.85. The molecule has 1 aromatic carbocycles. The van der Waals surface area contributed by atoms with Crippen molar-refractivity contribution in [1.29, 1.82) is 0 Å². The van der Waals surface area contributed by atoms with Crippen molar-refractivity contribution < 1.29 is 9.53 Å². The molecule has 1 N–H and O–H groups in total. The average Bonchev–Trinajstić information content (AvgIpc) is 3.23. The molecule has 2 saturated heterocycles. The minimum absolute atomic E-state index is 0.000468. The van der Waals surface area contributed by atoms with Crippen molar-refractivity contribution in [3.8, 4) is 0 Å². The SMILES string of the molecule is CCN1CCN(C(=O)c2ccc3c(=O)n(C[C@H]4CCCO4)c(=S)[nH]c3c2)CC1. The zero-order chi connectivity index (χ0) is 19.7. The van der Waals surface area contributed by atoms with Gasteiger partial charge in [-0.2, -0.15) is 0 Å². The van der Waals surface area contributed by atoms with E-state index in [4.69, 9.17) is 17.0 Å². The summed E-state index contributed by atoms with van der Waals surface area (Å²) in [6.07, 6.45) is 1.99. The average molecular weight is 403 g/mol. The predicted molar refractivity (Wildman–Crippen MR) is 110 cm³/mol. The lowest BCUT2D eigenvalue weighted by molar-refractivity contribution is 0.0643. The van der Waals surface area contributed by atoms with Crippen molar-refractivity contribution in [1.82, 2.24) is 19.4 Å². The Kier molecular flexibility index (Phi) is 5.61. The molecule has 7 nitrogen and oxygen atoms in total. The molecule has 2 aliphatic heterocycles. The fraction of sp³-hybridized carbons (Fsp3) is 0.550. The van der Waals surface area contributed by atoms with Crippen molar-refractivity contribution in [2.75, 3.05) is 39.3 Å². The van der Waals surface area contributed by atoms with Crippen LogP contribution in [0, 0.1) is 4.77 Å². The first-order valence-corrected chi connectivity index (χ1v) is 10.4. The quantitative estimate of drug-likeness (QED) is 0.793. The highest BCUT2D eigenvalue weighted by molar-refractivity contribution is 7.71. The zero-order valence-corrected chi connectivity index (χ0v) is 17.0. The van der Waals surface area contributed by atoms with Gasteiger partial charge in [0.1, 0.15) is 0 Å². The van der Waals surface area contributed by atoms with Crippen molar-refractivity contribution in [2.45, 2.75) is 32.4 Å². The lowest BCUT2D eigenvalue weighted by Crippen LogP contribution is -2.48. The summed E-state index contributed by atoms with van der Waals surface area (Å²) in [6.45, 7) is 7.58. The molecule has 0 bridgehead atoms. The molecule has 2 aromatic rings. The fourth-order valence-electron chi connectivity index (χ4n) is 4.00. The van der Waals surface area contributed by atoms with Crippen LogP contribution in [0.5, 0.6) is 0 Å². The third kappa shape index (κ3) is 3.76. The number of rotatable bonds is 4. The summed E-state index contributed by atoms with van der Waals surface area (Å²) in [5.41, 5.74) is 1.06. The third-order valence-corrected chi connectivity index (χ3v) is 6.07. The van der Waals surface area contributed by atoms with Gasteiger partial charge in [0, 0.05) is 38.3 Å². The number of ether oxygens (including phenoxy) is 1. The molecule has 1 atom stereocenters. The standard InChI is InChI=1S/C20H26N4O3S/c1-2-22-7-9-23(10-8-22)18(25)14-5-6-16-17(12-14)21-20(28)24(19(16)26)13-15-4-3-11-27-15/h5-6,12,15H,2-4,7-11,13H2,1H3,(H,21,28)/t15-/m1/s1. The second kappa shape index (κ2) is 8.14. The van der Waals surface area contributed by atoms with E-state index in [1.54, 1.807) is 22.8 Å². The molecule has 0 saturated carbocycles. The van der Waals surface area contributed by atoms with Crippen LogP contribution in [0.15, 0.2) is 23.0 Å². The molecule has 0 spiro atoms. The van der Waals surface area contributed by atoms with Crippen molar-refractivity contribution >= 4 is 29.0 Å². The number of carbonyl (C=O) groups is 1. The number of hydrogen-bond acceptors (Lipinski definition) is 5. The molecule has 1 amide bonds. The Morgan fingerprint density at radius 1 is 1.29 bits per heavy atom. The highest BCUT2D eigenvalue weighted by atomic mass is 32.1. The van der Waals surface area contributed by atoms with E-state index in [2.05, 4.69) is 16.8 Å². The van der Waals surface area contributed by atoms with Crippen LogP contribution in [0.3, 0.4) is 0 Å². The van der Waals surface area contributed by atoms with Crippen LogP contribution in [0.1, 0.15) is 30.1 Å². The molecule has 2 fully saturated rings. The number of benzene rings is 1. The Morgan fingerprint density at radius 3 is 2.75 bits per heavy atom. The van der Waals surface area contributed by atoms with Crippen LogP contribution in [0.2, 0.25) is 0 Å². The summed E-state index contributed by atoms with van der Waals surface area (Å²) in [5.74, 6) is 0.000468. The van der Waals surface area contributed by atoms with E-state index in [-0.39, 0.29) is 17.6 Å². The summed E-state index contributed by atoms with van der Waals surface area (Å²) in [4.78, 5) is 33.1. The number of hydrogen-bond donors (Lipinski definition) is 1.